The minimum absolute atomic E-state index is 0.131. The highest BCUT2D eigenvalue weighted by molar-refractivity contribution is 5.80. The molecular weight excluding hydrogens is 218 g/mol. The molecule has 3 rings (SSSR count). The molecule has 0 radical (unpaired) electrons. The van der Waals surface area contributed by atoms with Crippen LogP contribution in [0, 0.1) is 17.3 Å². The van der Waals surface area contributed by atoms with E-state index in [9.17, 15) is 4.79 Å². The summed E-state index contributed by atoms with van der Waals surface area (Å²) < 4.78 is 5.02. The summed E-state index contributed by atoms with van der Waals surface area (Å²) in [5.41, 5.74) is 0.451. The van der Waals surface area contributed by atoms with Crippen LogP contribution in [0.4, 0.5) is 6.01 Å². The van der Waals surface area contributed by atoms with E-state index >= 15 is 0 Å². The third kappa shape index (κ3) is 1.69. The molecule has 92 valence electrons. The summed E-state index contributed by atoms with van der Waals surface area (Å²) in [7, 11) is 0. The van der Waals surface area contributed by atoms with Gasteiger partial charge in [0.2, 0.25) is 5.91 Å². The Hall–Kier alpha value is -1.52. The molecule has 0 aromatic carbocycles. The number of aromatic nitrogens is 1. The monoisotopic (exact) mass is 235 g/mol. The molecule has 17 heavy (non-hydrogen) atoms. The Morgan fingerprint density at radius 2 is 2.29 bits per heavy atom. The molecule has 1 aliphatic heterocycles. The summed E-state index contributed by atoms with van der Waals surface area (Å²) in [6, 6.07) is 0.406. The van der Waals surface area contributed by atoms with Crippen molar-refractivity contribution in [2.75, 3.05) is 25.0 Å². The maximum absolute atomic E-state index is 11.9. The van der Waals surface area contributed by atoms with Crippen molar-refractivity contribution in [3.05, 3.63) is 12.5 Å². The molecule has 1 N–H and O–H groups in total. The SMILES string of the molecule is CC1(C)[C@@H]2CN(C(=O)CNc3ncco3)C[C@@H]21. The maximum atomic E-state index is 11.9. The number of nitrogens with one attached hydrogen (secondary N) is 1. The molecule has 1 aliphatic carbocycles. The predicted molar refractivity (Wildman–Crippen MR) is 62.3 cm³/mol. The van der Waals surface area contributed by atoms with E-state index in [0.717, 1.165) is 13.1 Å². The number of amides is 1. The van der Waals surface area contributed by atoms with Crippen LogP contribution in [0.2, 0.25) is 0 Å². The van der Waals surface area contributed by atoms with Gasteiger partial charge in [0.25, 0.3) is 6.01 Å². The smallest absolute Gasteiger partial charge is 0.294 e. The summed E-state index contributed by atoms with van der Waals surface area (Å²) in [6.45, 7) is 6.65. The minimum Gasteiger partial charge on any atom is -0.432 e. The predicted octanol–water partition coefficient (Wildman–Crippen LogP) is 1.20. The van der Waals surface area contributed by atoms with Crippen molar-refractivity contribution in [1.29, 1.82) is 0 Å². The molecule has 0 unspecified atom stereocenters. The third-order valence-electron chi connectivity index (χ3n) is 4.30. The normalized spacial score (nSPS) is 28.9. The van der Waals surface area contributed by atoms with E-state index in [2.05, 4.69) is 24.1 Å². The number of likely N-dealkylation sites (tertiary alicyclic amines) is 1. The number of carbonyl (C=O) groups is 1. The van der Waals surface area contributed by atoms with Crippen molar-refractivity contribution < 1.29 is 9.21 Å². The van der Waals surface area contributed by atoms with Gasteiger partial charge in [-0.2, -0.15) is 0 Å². The summed E-state index contributed by atoms with van der Waals surface area (Å²) in [5, 5.41) is 2.88. The fourth-order valence-corrected chi connectivity index (χ4v) is 2.91. The van der Waals surface area contributed by atoms with E-state index in [1.165, 1.54) is 6.26 Å². The first-order chi connectivity index (χ1) is 8.09. The topological polar surface area (TPSA) is 58.4 Å². The van der Waals surface area contributed by atoms with E-state index < -0.39 is 0 Å². The number of hydrogen-bond acceptors (Lipinski definition) is 4. The number of anilines is 1. The van der Waals surface area contributed by atoms with Gasteiger partial charge in [0.15, 0.2) is 0 Å². The molecule has 2 heterocycles. The van der Waals surface area contributed by atoms with Crippen molar-refractivity contribution in [1.82, 2.24) is 9.88 Å². The Morgan fingerprint density at radius 1 is 1.59 bits per heavy atom. The Kier molecular flexibility index (Phi) is 2.18. The van der Waals surface area contributed by atoms with Crippen molar-refractivity contribution in [2.24, 2.45) is 17.3 Å². The lowest BCUT2D eigenvalue weighted by atomic mass is 10.1. The number of nitrogens with zero attached hydrogens (tertiary/aromatic N) is 2. The molecule has 1 saturated carbocycles. The largest absolute Gasteiger partial charge is 0.432 e. The standard InChI is InChI=1S/C12H17N3O2/c1-12(2)8-6-15(7-9(8)12)10(16)5-14-11-13-3-4-17-11/h3-4,8-9H,5-7H2,1-2H3,(H,13,14)/t8-,9+. The number of piperidine rings is 1. The third-order valence-corrected chi connectivity index (χ3v) is 4.30. The van der Waals surface area contributed by atoms with Gasteiger partial charge >= 0.3 is 0 Å². The van der Waals surface area contributed by atoms with E-state index in [4.69, 9.17) is 4.42 Å². The van der Waals surface area contributed by atoms with Crippen LogP contribution in [0.3, 0.4) is 0 Å². The second-order valence-corrected chi connectivity index (χ2v) is 5.52. The van der Waals surface area contributed by atoms with Crippen molar-refractivity contribution in [2.45, 2.75) is 13.8 Å². The number of carbonyl (C=O) groups excluding carboxylic acids is 1. The Labute approximate surface area is 100 Å². The Morgan fingerprint density at radius 3 is 2.88 bits per heavy atom. The summed E-state index contributed by atoms with van der Waals surface area (Å²) in [5.74, 6) is 1.53. The van der Waals surface area contributed by atoms with Gasteiger partial charge in [-0.15, -0.1) is 0 Å². The van der Waals surface area contributed by atoms with Crippen LogP contribution in [0.1, 0.15) is 13.8 Å². The van der Waals surface area contributed by atoms with Crippen molar-refractivity contribution >= 4 is 11.9 Å². The molecule has 1 aromatic heterocycles. The quantitative estimate of drug-likeness (QED) is 0.855. The van der Waals surface area contributed by atoms with Crippen LogP contribution in [0.15, 0.2) is 16.9 Å². The van der Waals surface area contributed by atoms with E-state index in [1.807, 2.05) is 4.90 Å². The van der Waals surface area contributed by atoms with E-state index in [1.54, 1.807) is 6.20 Å². The van der Waals surface area contributed by atoms with Gasteiger partial charge in [0.1, 0.15) is 6.26 Å². The Balaban J connectivity index is 1.49. The summed E-state index contributed by atoms with van der Waals surface area (Å²) in [4.78, 5) is 17.8. The molecule has 2 fully saturated rings. The first-order valence-corrected chi connectivity index (χ1v) is 6.00. The zero-order valence-electron chi connectivity index (χ0n) is 10.1. The number of rotatable bonds is 3. The molecule has 5 nitrogen and oxygen atoms in total. The number of oxazole rings is 1. The zero-order valence-corrected chi connectivity index (χ0v) is 10.1. The van der Waals surface area contributed by atoms with Gasteiger partial charge in [-0.05, 0) is 17.3 Å². The van der Waals surface area contributed by atoms with Crippen LogP contribution in [0.5, 0.6) is 0 Å². The van der Waals surface area contributed by atoms with Crippen LogP contribution >= 0.6 is 0 Å². The number of fused-ring (bicyclic) bond motifs is 1. The van der Waals surface area contributed by atoms with Crippen LogP contribution in [-0.4, -0.2) is 35.4 Å². The van der Waals surface area contributed by atoms with Crippen molar-refractivity contribution in [3.63, 3.8) is 0 Å². The molecule has 0 bridgehead atoms. The highest BCUT2D eigenvalue weighted by Crippen LogP contribution is 2.61. The second kappa shape index (κ2) is 3.48. The fourth-order valence-electron chi connectivity index (χ4n) is 2.91. The molecule has 0 spiro atoms. The fraction of sp³-hybridized carbons (Fsp3) is 0.667. The van der Waals surface area contributed by atoms with Crippen LogP contribution < -0.4 is 5.32 Å². The average molecular weight is 235 g/mol. The second-order valence-electron chi connectivity index (χ2n) is 5.52. The van der Waals surface area contributed by atoms with Crippen LogP contribution in [-0.2, 0) is 4.79 Å². The molecule has 1 amide bonds. The zero-order chi connectivity index (χ0) is 12.0. The van der Waals surface area contributed by atoms with Gasteiger partial charge in [0.05, 0.1) is 12.7 Å². The van der Waals surface area contributed by atoms with Crippen molar-refractivity contribution in [3.8, 4) is 0 Å². The molecular formula is C12H17N3O2. The molecule has 1 aromatic rings. The van der Waals surface area contributed by atoms with E-state index in [-0.39, 0.29) is 12.5 Å². The maximum Gasteiger partial charge on any atom is 0.294 e. The summed E-state index contributed by atoms with van der Waals surface area (Å²) in [6.07, 6.45) is 3.04. The molecule has 2 atom stereocenters. The summed E-state index contributed by atoms with van der Waals surface area (Å²) >= 11 is 0. The van der Waals surface area contributed by atoms with Gasteiger partial charge < -0.3 is 14.6 Å². The lowest BCUT2D eigenvalue weighted by molar-refractivity contribution is -0.129. The van der Waals surface area contributed by atoms with Gasteiger partial charge in [0, 0.05) is 13.1 Å². The first-order valence-electron chi connectivity index (χ1n) is 6.00. The molecule has 1 saturated heterocycles. The van der Waals surface area contributed by atoms with Crippen LogP contribution in [0.25, 0.3) is 0 Å². The van der Waals surface area contributed by atoms with E-state index in [0.29, 0.717) is 23.3 Å². The number of hydrogen-bond donors (Lipinski definition) is 1. The van der Waals surface area contributed by atoms with Gasteiger partial charge in [-0.25, -0.2) is 4.98 Å². The highest BCUT2D eigenvalue weighted by Gasteiger charge is 2.62. The molecule has 2 aliphatic rings. The molecule has 5 heteroatoms. The highest BCUT2D eigenvalue weighted by atomic mass is 16.4. The first kappa shape index (κ1) is 10.6. The minimum atomic E-state index is 0.131. The average Bonchev–Trinajstić information content (AvgIpc) is 2.82. The lowest BCUT2D eigenvalue weighted by Gasteiger charge is -2.22. The lowest BCUT2D eigenvalue weighted by Crippen LogP contribution is -2.36. The van der Waals surface area contributed by atoms with Gasteiger partial charge in [-0.1, -0.05) is 13.8 Å². The Bertz CT molecular complexity index is 413. The van der Waals surface area contributed by atoms with Gasteiger partial charge in [-0.3, -0.25) is 4.79 Å².